The lowest BCUT2D eigenvalue weighted by atomic mass is 10.1. The van der Waals surface area contributed by atoms with Crippen LogP contribution in [0.4, 0.5) is 8.78 Å². The Hall–Kier alpha value is -0.400. The largest absolute Gasteiger partial charge is 0.247 e. The molecule has 2 heteroatoms. The molecule has 0 fully saturated rings. The highest BCUT2D eigenvalue weighted by atomic mass is 19.1. The predicted octanol–water partition coefficient (Wildman–Crippen LogP) is 3.04. The number of halogens is 2. The van der Waals surface area contributed by atoms with Gasteiger partial charge < -0.3 is 0 Å². The maximum Gasteiger partial charge on any atom is 0.118 e. The molecule has 0 aliphatic rings. The molecule has 0 N–H and O–H groups in total. The first kappa shape index (κ1) is 9.60. The lowest BCUT2D eigenvalue weighted by Gasteiger charge is -2.01. The summed E-state index contributed by atoms with van der Waals surface area (Å²) in [5, 5.41) is 0. The zero-order valence-electron chi connectivity index (χ0n) is 6.70. The van der Waals surface area contributed by atoms with Crippen LogP contribution >= 0.6 is 0 Å². The van der Waals surface area contributed by atoms with Gasteiger partial charge in [-0.15, -0.1) is 0 Å². The van der Waals surface area contributed by atoms with Crippen molar-refractivity contribution in [2.24, 2.45) is 0 Å². The van der Waals surface area contributed by atoms with E-state index in [0.717, 1.165) is 0 Å². The van der Waals surface area contributed by atoms with Crippen molar-refractivity contribution in [2.75, 3.05) is 0 Å². The van der Waals surface area contributed by atoms with E-state index in [0.29, 0.717) is 12.0 Å². The van der Waals surface area contributed by atoms with Crippen LogP contribution in [0.5, 0.6) is 0 Å². The van der Waals surface area contributed by atoms with Crippen molar-refractivity contribution < 1.29 is 8.78 Å². The lowest BCUT2D eigenvalue weighted by Crippen LogP contribution is -1.96. The minimum absolute atomic E-state index is 0.320. The lowest BCUT2D eigenvalue weighted by molar-refractivity contribution is 0.361. The van der Waals surface area contributed by atoms with Gasteiger partial charge in [0, 0.05) is 0 Å². The predicted molar refractivity (Wildman–Crippen MR) is 39.5 cm³/mol. The molecule has 2 atom stereocenters. The highest BCUT2D eigenvalue weighted by Crippen LogP contribution is 2.07. The molecule has 0 aromatic rings. The first-order valence-corrected chi connectivity index (χ1v) is 3.48. The molecule has 0 saturated carbocycles. The van der Waals surface area contributed by atoms with Crippen LogP contribution in [0.3, 0.4) is 0 Å². The van der Waals surface area contributed by atoms with Crippen LogP contribution in [0, 0.1) is 0 Å². The standard InChI is InChI=1S/C8H14F2/c1-6(8(3)10)4-5-7(2)9/h4,7-8H,5H2,1-3H3. The van der Waals surface area contributed by atoms with Gasteiger partial charge in [-0.3, -0.25) is 0 Å². The van der Waals surface area contributed by atoms with E-state index in [9.17, 15) is 8.78 Å². The van der Waals surface area contributed by atoms with Crippen molar-refractivity contribution in [1.29, 1.82) is 0 Å². The maximum absolute atomic E-state index is 12.4. The normalized spacial score (nSPS) is 18.7. The van der Waals surface area contributed by atoms with Gasteiger partial charge in [0.15, 0.2) is 0 Å². The summed E-state index contributed by atoms with van der Waals surface area (Å²) in [5.41, 5.74) is 0.615. The van der Waals surface area contributed by atoms with Crippen LogP contribution in [-0.2, 0) is 0 Å². The molecule has 0 amide bonds. The molecule has 0 nitrogen and oxygen atoms in total. The number of allylic oxidation sites excluding steroid dienone is 2. The first-order chi connectivity index (χ1) is 4.54. The zero-order valence-corrected chi connectivity index (χ0v) is 6.70. The smallest absolute Gasteiger partial charge is 0.118 e. The van der Waals surface area contributed by atoms with E-state index in [-0.39, 0.29) is 0 Å². The zero-order chi connectivity index (χ0) is 8.15. The Morgan fingerprint density at radius 2 is 1.90 bits per heavy atom. The van der Waals surface area contributed by atoms with Gasteiger partial charge in [-0.2, -0.15) is 0 Å². The summed E-state index contributed by atoms with van der Waals surface area (Å²) in [7, 11) is 0. The molecule has 0 aromatic carbocycles. The van der Waals surface area contributed by atoms with Crippen LogP contribution in [0.1, 0.15) is 27.2 Å². The van der Waals surface area contributed by atoms with E-state index in [1.165, 1.54) is 13.8 Å². The third-order valence-corrected chi connectivity index (χ3v) is 1.39. The van der Waals surface area contributed by atoms with Crippen molar-refractivity contribution in [2.45, 2.75) is 39.5 Å². The Balaban J connectivity index is 3.69. The molecule has 0 aliphatic heterocycles. The Kier molecular flexibility index (Phi) is 4.24. The Morgan fingerprint density at radius 1 is 1.40 bits per heavy atom. The summed E-state index contributed by atoms with van der Waals surface area (Å²) in [6.45, 7) is 4.59. The summed E-state index contributed by atoms with van der Waals surface area (Å²) >= 11 is 0. The van der Waals surface area contributed by atoms with Crippen molar-refractivity contribution in [1.82, 2.24) is 0 Å². The van der Waals surface area contributed by atoms with Crippen molar-refractivity contribution in [3.8, 4) is 0 Å². The number of hydrogen-bond donors (Lipinski definition) is 0. The van der Waals surface area contributed by atoms with Gasteiger partial charge in [0.2, 0.25) is 0 Å². The Morgan fingerprint density at radius 3 is 2.20 bits per heavy atom. The second-order valence-electron chi connectivity index (χ2n) is 2.58. The fraction of sp³-hybridized carbons (Fsp3) is 0.750. The molecule has 0 bridgehead atoms. The highest BCUT2D eigenvalue weighted by Gasteiger charge is 2.00. The average molecular weight is 148 g/mol. The van der Waals surface area contributed by atoms with E-state index in [2.05, 4.69) is 0 Å². The fourth-order valence-electron chi connectivity index (χ4n) is 0.511. The minimum atomic E-state index is -0.946. The van der Waals surface area contributed by atoms with Crippen LogP contribution in [0.15, 0.2) is 11.6 Å². The monoisotopic (exact) mass is 148 g/mol. The van der Waals surface area contributed by atoms with Gasteiger partial charge in [0.25, 0.3) is 0 Å². The Bertz CT molecular complexity index is 114. The van der Waals surface area contributed by atoms with Gasteiger partial charge in [0.05, 0.1) is 0 Å². The molecule has 2 unspecified atom stereocenters. The summed E-state index contributed by atoms with van der Waals surface area (Å²) in [4.78, 5) is 0. The van der Waals surface area contributed by atoms with Crippen molar-refractivity contribution >= 4 is 0 Å². The summed E-state index contributed by atoms with van der Waals surface area (Å²) in [5.74, 6) is 0. The number of hydrogen-bond acceptors (Lipinski definition) is 0. The first-order valence-electron chi connectivity index (χ1n) is 3.48. The minimum Gasteiger partial charge on any atom is -0.247 e. The van der Waals surface area contributed by atoms with Gasteiger partial charge in [0.1, 0.15) is 12.3 Å². The van der Waals surface area contributed by atoms with Crippen LogP contribution in [0.25, 0.3) is 0 Å². The number of rotatable bonds is 3. The third kappa shape index (κ3) is 4.48. The second-order valence-corrected chi connectivity index (χ2v) is 2.58. The Labute approximate surface area is 60.9 Å². The highest BCUT2D eigenvalue weighted by molar-refractivity contribution is 5.03. The quantitative estimate of drug-likeness (QED) is 0.539. The molecule has 0 spiro atoms. The van der Waals surface area contributed by atoms with Crippen molar-refractivity contribution in [3.63, 3.8) is 0 Å². The molecule has 0 heterocycles. The van der Waals surface area contributed by atoms with E-state index in [1.54, 1.807) is 13.0 Å². The topological polar surface area (TPSA) is 0 Å². The summed E-state index contributed by atoms with van der Waals surface area (Å²) in [6, 6.07) is 0. The average Bonchev–Trinajstić information content (AvgIpc) is 1.82. The molecule has 0 aromatic heterocycles. The van der Waals surface area contributed by atoms with Crippen LogP contribution in [-0.4, -0.2) is 12.3 Å². The molecule has 0 saturated heterocycles. The third-order valence-electron chi connectivity index (χ3n) is 1.39. The van der Waals surface area contributed by atoms with Gasteiger partial charge >= 0.3 is 0 Å². The van der Waals surface area contributed by atoms with E-state index >= 15 is 0 Å². The fourth-order valence-corrected chi connectivity index (χ4v) is 0.511. The van der Waals surface area contributed by atoms with Crippen LogP contribution < -0.4 is 0 Å². The number of alkyl halides is 2. The molecule has 0 radical (unpaired) electrons. The molecular weight excluding hydrogens is 134 g/mol. The maximum atomic E-state index is 12.4. The SMILES string of the molecule is CC(=CCC(C)F)C(C)F. The van der Waals surface area contributed by atoms with Gasteiger partial charge in [-0.1, -0.05) is 6.08 Å². The van der Waals surface area contributed by atoms with Crippen LogP contribution in [0.2, 0.25) is 0 Å². The van der Waals surface area contributed by atoms with E-state index in [1.807, 2.05) is 0 Å². The molecular formula is C8H14F2. The summed E-state index contributed by atoms with van der Waals surface area (Å²) in [6.07, 6.45) is 0.113. The second kappa shape index (κ2) is 4.42. The molecule has 10 heavy (non-hydrogen) atoms. The van der Waals surface area contributed by atoms with Crippen molar-refractivity contribution in [3.05, 3.63) is 11.6 Å². The molecule has 0 rings (SSSR count). The van der Waals surface area contributed by atoms with E-state index < -0.39 is 12.3 Å². The summed E-state index contributed by atoms with van der Waals surface area (Å²) < 4.78 is 24.5. The van der Waals surface area contributed by atoms with Gasteiger partial charge in [-0.05, 0) is 32.8 Å². The molecule has 60 valence electrons. The molecule has 0 aliphatic carbocycles. The van der Waals surface area contributed by atoms with Gasteiger partial charge in [-0.25, -0.2) is 8.78 Å². The van der Waals surface area contributed by atoms with E-state index in [4.69, 9.17) is 0 Å².